The van der Waals surface area contributed by atoms with Gasteiger partial charge in [-0.05, 0) is 54.0 Å². The molecule has 1 aliphatic rings. The number of carboxylic acids is 1. The van der Waals surface area contributed by atoms with Gasteiger partial charge in [0.1, 0.15) is 11.8 Å². The Morgan fingerprint density at radius 3 is 2.41 bits per heavy atom. The number of carboxylic acid groups (broad SMARTS) is 1. The lowest BCUT2D eigenvalue weighted by atomic mass is 10.1. The first-order valence-corrected chi connectivity index (χ1v) is 11.6. The zero-order valence-electron chi connectivity index (χ0n) is 19.6. The number of hydrogen-bond donors (Lipinski definition) is 3. The Bertz CT molecular complexity index is 1010. The van der Waals surface area contributed by atoms with Crippen LogP contribution in [0.5, 0.6) is 5.75 Å². The molecule has 0 radical (unpaired) electrons. The smallest absolute Gasteiger partial charge is 0.334 e. The van der Waals surface area contributed by atoms with E-state index in [1.165, 1.54) is 16.0 Å². The van der Waals surface area contributed by atoms with Gasteiger partial charge in [-0.2, -0.15) is 0 Å². The monoisotopic (exact) mass is 468 g/mol. The number of hydrogen-bond acceptors (Lipinski definition) is 5. The molecule has 3 rings (SSSR count). The van der Waals surface area contributed by atoms with Crippen molar-refractivity contribution in [3.63, 3.8) is 0 Å². The topological polar surface area (TPSA) is 116 Å². The molecular weight excluding hydrogens is 436 g/mol. The maximum absolute atomic E-state index is 13.1. The molecule has 1 aliphatic carbocycles. The van der Waals surface area contributed by atoms with Crippen molar-refractivity contribution in [2.24, 2.45) is 5.92 Å². The molecule has 3 N–H and O–H groups in total. The maximum Gasteiger partial charge on any atom is 0.334 e. The minimum absolute atomic E-state index is 0.0256. The Hall–Kier alpha value is -3.39. The first-order chi connectivity index (χ1) is 16.2. The fourth-order valence-corrected chi connectivity index (χ4v) is 4.05. The number of aryl methyl sites for hydroxylation is 2. The second-order valence-electron chi connectivity index (χ2n) is 9.05. The highest BCUT2D eigenvalue weighted by atomic mass is 16.5. The minimum atomic E-state index is -1.73. The van der Waals surface area contributed by atoms with Gasteiger partial charge in [0.05, 0.1) is 6.54 Å². The van der Waals surface area contributed by atoms with Crippen molar-refractivity contribution in [1.82, 2.24) is 10.2 Å². The largest absolute Gasteiger partial charge is 0.479 e. The molecule has 2 unspecified atom stereocenters. The second-order valence-corrected chi connectivity index (χ2v) is 9.05. The molecule has 2 atom stereocenters. The molecule has 0 aliphatic heterocycles. The third-order valence-corrected chi connectivity index (χ3v) is 5.70. The second kappa shape index (κ2) is 11.7. The van der Waals surface area contributed by atoms with E-state index >= 15 is 0 Å². The molecule has 0 heterocycles. The van der Waals surface area contributed by atoms with Crippen LogP contribution in [0.4, 0.5) is 4.79 Å². The normalized spacial score (nSPS) is 14.2. The van der Waals surface area contributed by atoms with Crippen molar-refractivity contribution in [2.75, 3.05) is 13.1 Å². The number of nitrogens with zero attached hydrogens (tertiary/aromatic N) is 1. The van der Waals surface area contributed by atoms with E-state index in [-0.39, 0.29) is 18.9 Å². The molecule has 0 aromatic heterocycles. The molecule has 34 heavy (non-hydrogen) atoms. The quantitative estimate of drug-likeness (QED) is 0.365. The van der Waals surface area contributed by atoms with E-state index < -0.39 is 36.7 Å². The lowest BCUT2D eigenvalue weighted by Gasteiger charge is -2.28. The van der Waals surface area contributed by atoms with E-state index in [1.807, 2.05) is 56.3 Å². The summed E-state index contributed by atoms with van der Waals surface area (Å²) in [6, 6.07) is 13.2. The number of amides is 2. The molecule has 8 heteroatoms. The molecule has 0 spiro atoms. The summed E-state index contributed by atoms with van der Waals surface area (Å²) in [6.45, 7) is 3.57. The van der Waals surface area contributed by atoms with Crippen molar-refractivity contribution in [1.29, 1.82) is 0 Å². The average Bonchev–Trinajstić information content (AvgIpc) is 3.26. The van der Waals surface area contributed by atoms with Gasteiger partial charge < -0.3 is 25.2 Å². The van der Waals surface area contributed by atoms with Crippen molar-refractivity contribution in [2.45, 2.75) is 51.7 Å². The van der Waals surface area contributed by atoms with Gasteiger partial charge >= 0.3 is 18.0 Å². The zero-order chi connectivity index (χ0) is 24.7. The van der Waals surface area contributed by atoms with Crippen LogP contribution >= 0.6 is 0 Å². The highest BCUT2D eigenvalue weighted by molar-refractivity contribution is 5.85. The first kappa shape index (κ1) is 25.2. The van der Waals surface area contributed by atoms with Crippen LogP contribution in [0.3, 0.4) is 0 Å². The number of urea groups is 1. The number of fused-ring (bicyclic) bond motifs is 1. The molecule has 0 saturated carbocycles. The van der Waals surface area contributed by atoms with E-state index in [4.69, 9.17) is 9.84 Å². The van der Waals surface area contributed by atoms with Crippen molar-refractivity contribution in [3.8, 4) is 5.75 Å². The molecule has 2 amide bonds. The van der Waals surface area contributed by atoms with E-state index in [0.29, 0.717) is 5.75 Å². The zero-order valence-corrected chi connectivity index (χ0v) is 19.6. The minimum Gasteiger partial charge on any atom is -0.479 e. The highest BCUT2D eigenvalue weighted by Gasteiger charge is 2.29. The Labute approximate surface area is 199 Å². The predicted molar refractivity (Wildman–Crippen MR) is 127 cm³/mol. The van der Waals surface area contributed by atoms with E-state index in [2.05, 4.69) is 5.32 Å². The van der Waals surface area contributed by atoms with E-state index in [0.717, 1.165) is 24.8 Å². The van der Waals surface area contributed by atoms with Crippen molar-refractivity contribution < 1.29 is 29.3 Å². The third kappa shape index (κ3) is 7.05. The Balaban J connectivity index is 1.77. The third-order valence-electron chi connectivity index (χ3n) is 5.70. The Kier molecular flexibility index (Phi) is 8.65. The number of rotatable bonds is 10. The first-order valence-electron chi connectivity index (χ1n) is 11.6. The average molecular weight is 469 g/mol. The van der Waals surface area contributed by atoms with Gasteiger partial charge in [0.15, 0.2) is 6.10 Å². The van der Waals surface area contributed by atoms with Gasteiger partial charge in [0.25, 0.3) is 0 Å². The van der Waals surface area contributed by atoms with Crippen LogP contribution in [0.25, 0.3) is 0 Å². The van der Waals surface area contributed by atoms with Crippen LogP contribution < -0.4 is 10.1 Å². The summed E-state index contributed by atoms with van der Waals surface area (Å²) in [7, 11) is 0. The SMILES string of the molecule is CC(C)CN(CC(O)C(=O)O)C(=O)NC(Cc1ccccc1)C(=O)Oc1ccc2c(c1)CCC2. The summed E-state index contributed by atoms with van der Waals surface area (Å²) in [5, 5.41) is 21.6. The molecule has 8 nitrogen and oxygen atoms in total. The number of carbonyl (C=O) groups excluding carboxylic acids is 2. The summed E-state index contributed by atoms with van der Waals surface area (Å²) in [5.41, 5.74) is 3.26. The fourth-order valence-electron chi connectivity index (χ4n) is 4.05. The summed E-state index contributed by atoms with van der Waals surface area (Å²) in [4.78, 5) is 38.5. The number of benzene rings is 2. The van der Waals surface area contributed by atoms with Crippen LogP contribution in [0.2, 0.25) is 0 Å². The van der Waals surface area contributed by atoms with Crippen LogP contribution in [-0.4, -0.2) is 58.3 Å². The molecule has 2 aromatic carbocycles. The van der Waals surface area contributed by atoms with Gasteiger partial charge in [-0.1, -0.05) is 50.2 Å². The number of aliphatic hydroxyl groups is 1. The van der Waals surface area contributed by atoms with Crippen LogP contribution in [0.15, 0.2) is 48.5 Å². The van der Waals surface area contributed by atoms with Crippen LogP contribution in [0.1, 0.15) is 37.0 Å². The van der Waals surface area contributed by atoms with E-state index in [9.17, 15) is 19.5 Å². The summed E-state index contributed by atoms with van der Waals surface area (Å²) in [6.07, 6.45) is 1.52. The molecule has 182 valence electrons. The lowest BCUT2D eigenvalue weighted by Crippen LogP contribution is -2.53. The van der Waals surface area contributed by atoms with Gasteiger partial charge in [-0.15, -0.1) is 0 Å². The number of aliphatic hydroxyl groups excluding tert-OH is 1. The van der Waals surface area contributed by atoms with E-state index in [1.54, 1.807) is 6.07 Å². The molecule has 0 saturated heterocycles. The van der Waals surface area contributed by atoms with Crippen molar-refractivity contribution in [3.05, 3.63) is 65.2 Å². The Morgan fingerprint density at radius 2 is 1.74 bits per heavy atom. The molecule has 0 fully saturated rings. The summed E-state index contributed by atoms with van der Waals surface area (Å²) < 4.78 is 5.64. The highest BCUT2D eigenvalue weighted by Crippen LogP contribution is 2.26. The summed E-state index contributed by atoms with van der Waals surface area (Å²) >= 11 is 0. The standard InChI is InChI=1S/C26H32N2O6/c1-17(2)15-28(16-23(29)24(30)31)26(33)27-22(13-18-7-4-3-5-8-18)25(32)34-21-12-11-19-9-6-10-20(19)14-21/h3-5,7-8,11-12,14,17,22-23,29H,6,9-10,13,15-16H2,1-2H3,(H,27,33)(H,30,31). The summed E-state index contributed by atoms with van der Waals surface area (Å²) in [5.74, 6) is -1.58. The Morgan fingerprint density at radius 1 is 1.03 bits per heavy atom. The number of nitrogens with one attached hydrogen (secondary N) is 1. The fraction of sp³-hybridized carbons (Fsp3) is 0.423. The number of ether oxygens (including phenoxy) is 1. The number of carbonyl (C=O) groups is 3. The van der Waals surface area contributed by atoms with Crippen LogP contribution in [-0.2, 0) is 28.9 Å². The lowest BCUT2D eigenvalue weighted by molar-refractivity contribution is -0.147. The molecule has 2 aromatic rings. The maximum atomic E-state index is 13.1. The number of aliphatic carboxylic acids is 1. The van der Waals surface area contributed by atoms with Crippen LogP contribution in [0, 0.1) is 5.92 Å². The predicted octanol–water partition coefficient (Wildman–Crippen LogP) is 2.81. The van der Waals surface area contributed by atoms with Gasteiger partial charge in [0, 0.05) is 13.0 Å². The van der Waals surface area contributed by atoms with Gasteiger partial charge in [-0.25, -0.2) is 14.4 Å². The van der Waals surface area contributed by atoms with Gasteiger partial charge in [-0.3, -0.25) is 0 Å². The molecule has 0 bridgehead atoms. The van der Waals surface area contributed by atoms with Crippen molar-refractivity contribution >= 4 is 18.0 Å². The molecular formula is C26H32N2O6. The number of esters is 1. The van der Waals surface area contributed by atoms with Gasteiger partial charge in [0.2, 0.25) is 0 Å².